The first-order chi connectivity index (χ1) is 12.2. The van der Waals surface area contributed by atoms with Crippen molar-refractivity contribution >= 4 is 5.69 Å². The van der Waals surface area contributed by atoms with Crippen LogP contribution in [0.15, 0.2) is 30.5 Å². The Bertz CT molecular complexity index is 628. The molecule has 1 unspecified atom stereocenters. The van der Waals surface area contributed by atoms with Crippen LogP contribution >= 0.6 is 0 Å². The average molecular weight is 352 g/mol. The maximum Gasteiger partial charge on any atom is 0.107 e. The van der Waals surface area contributed by atoms with Crippen molar-refractivity contribution in [2.24, 2.45) is 23.2 Å². The number of para-hydroxylation sites is 1. The van der Waals surface area contributed by atoms with Gasteiger partial charge in [-0.1, -0.05) is 79.2 Å². The molecule has 26 heavy (non-hydrogen) atoms. The van der Waals surface area contributed by atoms with Crippen molar-refractivity contribution in [1.29, 1.82) is 0 Å². The van der Waals surface area contributed by atoms with Gasteiger partial charge in [0, 0.05) is 17.3 Å². The fourth-order valence-electron chi connectivity index (χ4n) is 5.23. The molecule has 0 bridgehead atoms. The van der Waals surface area contributed by atoms with E-state index in [0.717, 1.165) is 5.92 Å². The van der Waals surface area contributed by atoms with Crippen molar-refractivity contribution in [3.8, 4) is 0 Å². The van der Waals surface area contributed by atoms with E-state index in [2.05, 4.69) is 90.4 Å². The third-order valence-corrected chi connectivity index (χ3v) is 6.56. The van der Waals surface area contributed by atoms with E-state index in [1.54, 1.807) is 0 Å². The smallest absolute Gasteiger partial charge is 0.107 e. The maximum absolute atomic E-state index is 4.00. The van der Waals surface area contributed by atoms with E-state index < -0.39 is 0 Å². The molecule has 0 N–H and O–H groups in total. The zero-order chi connectivity index (χ0) is 19.1. The van der Waals surface area contributed by atoms with E-state index in [0.29, 0.717) is 23.7 Å². The second-order valence-corrected chi connectivity index (χ2v) is 9.67. The second-order valence-electron chi connectivity index (χ2n) is 9.67. The maximum atomic E-state index is 4.00. The summed E-state index contributed by atoms with van der Waals surface area (Å²) in [7, 11) is 0. The number of hydrogen-bond acceptors (Lipinski definition) is 1. The van der Waals surface area contributed by atoms with Crippen molar-refractivity contribution in [1.82, 2.24) is 0 Å². The number of anilines is 1. The van der Waals surface area contributed by atoms with Crippen molar-refractivity contribution in [3.63, 3.8) is 0 Å². The van der Waals surface area contributed by atoms with Gasteiger partial charge in [0.25, 0.3) is 0 Å². The summed E-state index contributed by atoms with van der Waals surface area (Å²) in [5, 5.41) is 0. The quantitative estimate of drug-likeness (QED) is 0.547. The van der Waals surface area contributed by atoms with Gasteiger partial charge >= 0.3 is 0 Å². The van der Waals surface area contributed by atoms with Gasteiger partial charge in [0.15, 0.2) is 0 Å². The molecule has 1 heteroatoms. The van der Waals surface area contributed by atoms with Gasteiger partial charge in [0.1, 0.15) is 6.54 Å². The Labute approximate surface area is 161 Å². The standard InChI is InChI=1S/C25H37N/c1-17(2)21-9-8-10-22(18(3)4)24(21)26-14-13-25(16-26)15-20(7)11-12-23(25)19(5)6/h8-10,13-14,17-20,23H,11-12,15H2,1-7H3/t20-,23+,25?/m1/s1. The van der Waals surface area contributed by atoms with Crippen molar-refractivity contribution in [2.75, 3.05) is 4.90 Å². The van der Waals surface area contributed by atoms with Crippen LogP contribution in [0.25, 0.3) is 0 Å². The average Bonchev–Trinajstić information content (AvgIpc) is 2.97. The van der Waals surface area contributed by atoms with Gasteiger partial charge in [0.05, 0.1) is 0 Å². The van der Waals surface area contributed by atoms with Crippen LogP contribution in [0.4, 0.5) is 5.69 Å². The molecule has 2 aliphatic rings. The van der Waals surface area contributed by atoms with E-state index >= 15 is 0 Å². The van der Waals surface area contributed by atoms with Gasteiger partial charge in [-0.3, -0.25) is 0 Å². The van der Waals surface area contributed by atoms with Crippen LogP contribution in [-0.2, 0) is 0 Å². The molecule has 1 fully saturated rings. The van der Waals surface area contributed by atoms with Crippen LogP contribution in [0.1, 0.15) is 90.7 Å². The lowest BCUT2D eigenvalue weighted by Crippen LogP contribution is -2.39. The molecule has 1 aromatic carbocycles. The molecule has 1 saturated carbocycles. The topological polar surface area (TPSA) is 3.24 Å². The Morgan fingerprint density at radius 2 is 1.62 bits per heavy atom. The molecule has 1 aromatic rings. The lowest BCUT2D eigenvalue weighted by molar-refractivity contribution is 0.108. The SMILES string of the molecule is CC(C)c1cccc(C(C)C)c1N1[C]C2(C=C1)C[C@H](C)CC[C@H]2C(C)C. The Morgan fingerprint density at radius 1 is 1.00 bits per heavy atom. The fraction of sp³-hybridized carbons (Fsp3) is 0.640. The molecule has 1 nitrogen and oxygen atoms in total. The molecule has 0 saturated heterocycles. The fourth-order valence-corrected chi connectivity index (χ4v) is 5.23. The van der Waals surface area contributed by atoms with E-state index in [1.165, 1.54) is 36.1 Å². The summed E-state index contributed by atoms with van der Waals surface area (Å²) in [4.78, 5) is 2.36. The van der Waals surface area contributed by atoms with E-state index in [9.17, 15) is 0 Å². The summed E-state index contributed by atoms with van der Waals surface area (Å²) >= 11 is 0. The minimum absolute atomic E-state index is 0.115. The molecule has 1 aliphatic heterocycles. The van der Waals surface area contributed by atoms with E-state index in [-0.39, 0.29) is 5.41 Å². The summed E-state index contributed by atoms with van der Waals surface area (Å²) in [6.07, 6.45) is 8.73. The zero-order valence-corrected chi connectivity index (χ0v) is 17.8. The number of rotatable bonds is 4. The number of nitrogens with zero attached hydrogens (tertiary/aromatic N) is 1. The molecule has 0 aromatic heterocycles. The highest BCUT2D eigenvalue weighted by molar-refractivity contribution is 5.66. The Balaban J connectivity index is 2.00. The molecule has 1 heterocycles. The largest absolute Gasteiger partial charge is 0.336 e. The van der Waals surface area contributed by atoms with Crippen LogP contribution in [0.5, 0.6) is 0 Å². The normalized spacial score (nSPS) is 28.9. The third kappa shape index (κ3) is 3.47. The lowest BCUT2D eigenvalue weighted by Gasteiger charge is -2.45. The molecule has 3 rings (SSSR count). The molecule has 1 spiro atoms. The molecule has 3 atom stereocenters. The monoisotopic (exact) mass is 351 g/mol. The Morgan fingerprint density at radius 3 is 2.15 bits per heavy atom. The molecule has 2 radical (unpaired) electrons. The van der Waals surface area contributed by atoms with Gasteiger partial charge < -0.3 is 4.90 Å². The van der Waals surface area contributed by atoms with Crippen LogP contribution < -0.4 is 4.90 Å². The van der Waals surface area contributed by atoms with Crippen LogP contribution in [-0.4, -0.2) is 0 Å². The summed E-state index contributed by atoms with van der Waals surface area (Å²) in [6, 6.07) is 6.83. The van der Waals surface area contributed by atoms with Crippen molar-refractivity contribution in [2.45, 2.75) is 79.6 Å². The molecule has 142 valence electrons. The van der Waals surface area contributed by atoms with Crippen LogP contribution in [0.3, 0.4) is 0 Å². The second kappa shape index (κ2) is 7.41. The summed E-state index contributed by atoms with van der Waals surface area (Å²) in [5.41, 5.74) is 4.38. The van der Waals surface area contributed by atoms with Gasteiger partial charge in [0.2, 0.25) is 0 Å². The predicted octanol–water partition coefficient (Wildman–Crippen LogP) is 7.38. The van der Waals surface area contributed by atoms with Gasteiger partial charge in [-0.2, -0.15) is 0 Å². The molecular weight excluding hydrogens is 314 g/mol. The predicted molar refractivity (Wildman–Crippen MR) is 113 cm³/mol. The van der Waals surface area contributed by atoms with Crippen molar-refractivity contribution < 1.29 is 0 Å². The minimum atomic E-state index is 0.115. The first-order valence-electron chi connectivity index (χ1n) is 10.6. The Kier molecular flexibility index (Phi) is 5.56. The third-order valence-electron chi connectivity index (χ3n) is 6.56. The summed E-state index contributed by atoms with van der Waals surface area (Å²) in [6.45, 7) is 20.4. The van der Waals surface area contributed by atoms with Crippen LogP contribution in [0.2, 0.25) is 0 Å². The Hall–Kier alpha value is -1.24. The van der Waals surface area contributed by atoms with Crippen LogP contribution in [0, 0.1) is 29.7 Å². The van der Waals surface area contributed by atoms with E-state index in [1.807, 2.05) is 0 Å². The summed E-state index contributed by atoms with van der Waals surface area (Å²) in [5.74, 6) is 3.22. The highest BCUT2D eigenvalue weighted by Gasteiger charge is 2.47. The molecular formula is C25H37N. The van der Waals surface area contributed by atoms with Gasteiger partial charge in [-0.25, -0.2) is 0 Å². The highest BCUT2D eigenvalue weighted by Crippen LogP contribution is 2.54. The minimum Gasteiger partial charge on any atom is -0.336 e. The van der Waals surface area contributed by atoms with Gasteiger partial charge in [-0.15, -0.1) is 0 Å². The first kappa shape index (κ1) is 19.5. The van der Waals surface area contributed by atoms with Gasteiger partial charge in [-0.05, 0) is 53.6 Å². The number of benzene rings is 1. The molecule has 1 aliphatic carbocycles. The number of hydrogen-bond donors (Lipinski definition) is 0. The lowest BCUT2D eigenvalue weighted by atomic mass is 9.60. The van der Waals surface area contributed by atoms with E-state index in [4.69, 9.17) is 0 Å². The van der Waals surface area contributed by atoms with Crippen molar-refractivity contribution in [3.05, 3.63) is 48.1 Å². The zero-order valence-electron chi connectivity index (χ0n) is 17.8. The first-order valence-corrected chi connectivity index (χ1v) is 10.6. The summed E-state index contributed by atoms with van der Waals surface area (Å²) < 4.78 is 0. The molecule has 0 amide bonds. The highest BCUT2D eigenvalue weighted by atomic mass is 15.1.